The molecule has 1 aromatic carbocycles. The summed E-state index contributed by atoms with van der Waals surface area (Å²) in [7, 11) is 0. The Kier molecular flexibility index (Phi) is 4.49. The Bertz CT molecular complexity index is 572. The van der Waals surface area contributed by atoms with Crippen LogP contribution in [0.1, 0.15) is 15.9 Å². The number of hydrogen-bond acceptors (Lipinski definition) is 2. The zero-order valence-electron chi connectivity index (χ0n) is 9.36. The molecule has 0 saturated carbocycles. The molecule has 0 fully saturated rings. The van der Waals surface area contributed by atoms with Crippen molar-refractivity contribution in [1.82, 2.24) is 10.3 Å². The van der Waals surface area contributed by atoms with Gasteiger partial charge in [0.05, 0.1) is 5.56 Å². The summed E-state index contributed by atoms with van der Waals surface area (Å²) < 4.78 is 1.53. The number of pyridine rings is 1. The van der Waals surface area contributed by atoms with E-state index in [1.165, 1.54) is 0 Å². The third-order valence-electron chi connectivity index (χ3n) is 2.40. The molecule has 0 aliphatic heterocycles. The zero-order valence-corrected chi connectivity index (χ0v) is 12.5. The Balaban J connectivity index is 2.06. The van der Waals surface area contributed by atoms with Gasteiger partial charge in [0.25, 0.3) is 5.91 Å². The lowest BCUT2D eigenvalue weighted by atomic mass is 10.2. The second-order valence-electron chi connectivity index (χ2n) is 3.62. The fourth-order valence-corrected chi connectivity index (χ4v) is 2.32. The third kappa shape index (κ3) is 3.17. The first-order valence-electron chi connectivity index (χ1n) is 5.30. The van der Waals surface area contributed by atoms with Gasteiger partial charge in [-0.25, -0.2) is 4.98 Å². The molecule has 0 bridgehead atoms. The molecule has 2 rings (SSSR count). The van der Waals surface area contributed by atoms with Gasteiger partial charge in [0.2, 0.25) is 0 Å². The van der Waals surface area contributed by atoms with Crippen LogP contribution in [-0.4, -0.2) is 10.9 Å². The van der Waals surface area contributed by atoms with Crippen LogP contribution in [0.3, 0.4) is 0 Å². The van der Waals surface area contributed by atoms with E-state index in [4.69, 9.17) is 0 Å². The molecular weight excluding hydrogens is 360 g/mol. The largest absolute Gasteiger partial charge is 0.348 e. The molecule has 0 unspecified atom stereocenters. The molecule has 3 nitrogen and oxygen atoms in total. The van der Waals surface area contributed by atoms with E-state index in [1.807, 2.05) is 24.3 Å². The van der Waals surface area contributed by atoms with Crippen LogP contribution in [0.5, 0.6) is 0 Å². The van der Waals surface area contributed by atoms with Gasteiger partial charge < -0.3 is 5.32 Å². The predicted octanol–water partition coefficient (Wildman–Crippen LogP) is 3.54. The molecule has 0 atom stereocenters. The monoisotopic (exact) mass is 368 g/mol. The van der Waals surface area contributed by atoms with E-state index >= 15 is 0 Å². The first-order chi connectivity index (χ1) is 8.68. The number of nitrogens with one attached hydrogen (secondary N) is 1. The molecule has 92 valence electrons. The molecule has 1 aromatic heterocycles. The van der Waals surface area contributed by atoms with Crippen molar-refractivity contribution in [3.63, 3.8) is 0 Å². The number of aromatic nitrogens is 1. The number of hydrogen-bond donors (Lipinski definition) is 1. The lowest BCUT2D eigenvalue weighted by Crippen LogP contribution is -2.23. The van der Waals surface area contributed by atoms with Crippen LogP contribution in [0, 0.1) is 0 Å². The molecule has 0 spiro atoms. The van der Waals surface area contributed by atoms with Crippen molar-refractivity contribution < 1.29 is 4.79 Å². The summed E-state index contributed by atoms with van der Waals surface area (Å²) in [5.74, 6) is -0.147. The molecule has 0 aliphatic rings. The second kappa shape index (κ2) is 6.11. The van der Waals surface area contributed by atoms with Crippen LogP contribution in [-0.2, 0) is 6.54 Å². The van der Waals surface area contributed by atoms with Crippen LogP contribution >= 0.6 is 31.9 Å². The van der Waals surface area contributed by atoms with Crippen molar-refractivity contribution >= 4 is 37.8 Å². The predicted molar refractivity (Wildman–Crippen MR) is 77.2 cm³/mol. The molecule has 1 heterocycles. The number of nitrogens with zero attached hydrogens (tertiary/aromatic N) is 1. The number of carbonyl (C=O) groups is 1. The minimum Gasteiger partial charge on any atom is -0.348 e. The number of amides is 1. The average Bonchev–Trinajstić information content (AvgIpc) is 2.38. The summed E-state index contributed by atoms with van der Waals surface area (Å²) in [5.41, 5.74) is 1.57. The molecule has 2 aromatic rings. The summed E-state index contributed by atoms with van der Waals surface area (Å²) in [6.07, 6.45) is 1.63. The Morgan fingerprint density at radius 1 is 1.17 bits per heavy atom. The minimum atomic E-state index is -0.147. The standard InChI is InChI=1S/C13H10Br2N2O/c14-11-6-2-1-4-9(11)8-17-13(18)10-5-3-7-16-12(10)15/h1-7H,8H2,(H,17,18). The highest BCUT2D eigenvalue weighted by molar-refractivity contribution is 9.10. The summed E-state index contributed by atoms with van der Waals surface area (Å²) in [6.45, 7) is 0.474. The topological polar surface area (TPSA) is 42.0 Å². The van der Waals surface area contributed by atoms with E-state index in [2.05, 4.69) is 42.2 Å². The van der Waals surface area contributed by atoms with Gasteiger partial charge in [-0.15, -0.1) is 0 Å². The number of carbonyl (C=O) groups excluding carboxylic acids is 1. The maximum Gasteiger partial charge on any atom is 0.254 e. The van der Waals surface area contributed by atoms with Crippen molar-refractivity contribution in [3.05, 3.63) is 62.8 Å². The highest BCUT2D eigenvalue weighted by atomic mass is 79.9. The Morgan fingerprint density at radius 3 is 2.67 bits per heavy atom. The molecular formula is C13H10Br2N2O. The van der Waals surface area contributed by atoms with Gasteiger partial charge in [-0.1, -0.05) is 34.1 Å². The average molecular weight is 370 g/mol. The first kappa shape index (κ1) is 13.2. The van der Waals surface area contributed by atoms with Gasteiger partial charge in [0.1, 0.15) is 4.60 Å². The van der Waals surface area contributed by atoms with Crippen LogP contribution < -0.4 is 5.32 Å². The Morgan fingerprint density at radius 2 is 1.94 bits per heavy atom. The fraction of sp³-hybridized carbons (Fsp3) is 0.0769. The summed E-state index contributed by atoms with van der Waals surface area (Å²) in [6, 6.07) is 11.2. The van der Waals surface area contributed by atoms with E-state index in [0.717, 1.165) is 10.0 Å². The lowest BCUT2D eigenvalue weighted by Gasteiger charge is -2.07. The fourth-order valence-electron chi connectivity index (χ4n) is 1.47. The molecule has 1 N–H and O–H groups in total. The van der Waals surface area contributed by atoms with E-state index in [-0.39, 0.29) is 5.91 Å². The molecule has 0 aliphatic carbocycles. The van der Waals surface area contributed by atoms with Gasteiger partial charge in [0, 0.05) is 17.2 Å². The van der Waals surface area contributed by atoms with Crippen LogP contribution in [0.2, 0.25) is 0 Å². The van der Waals surface area contributed by atoms with Crippen LogP contribution in [0.25, 0.3) is 0 Å². The van der Waals surface area contributed by atoms with Crippen molar-refractivity contribution in [2.24, 2.45) is 0 Å². The van der Waals surface area contributed by atoms with Gasteiger partial charge in [-0.05, 0) is 39.7 Å². The number of benzene rings is 1. The molecule has 0 radical (unpaired) electrons. The van der Waals surface area contributed by atoms with Crippen LogP contribution in [0.4, 0.5) is 0 Å². The first-order valence-corrected chi connectivity index (χ1v) is 6.89. The third-order valence-corrected chi connectivity index (χ3v) is 3.81. The van der Waals surface area contributed by atoms with Crippen LogP contribution in [0.15, 0.2) is 51.7 Å². The summed E-state index contributed by atoms with van der Waals surface area (Å²) in [5, 5.41) is 2.86. The summed E-state index contributed by atoms with van der Waals surface area (Å²) in [4.78, 5) is 16.0. The van der Waals surface area contributed by atoms with E-state index in [1.54, 1.807) is 18.3 Å². The van der Waals surface area contributed by atoms with Crippen molar-refractivity contribution in [3.8, 4) is 0 Å². The Labute approximate surface area is 122 Å². The van der Waals surface area contributed by atoms with Gasteiger partial charge in [-0.2, -0.15) is 0 Å². The molecule has 0 saturated heterocycles. The summed E-state index contributed by atoms with van der Waals surface area (Å²) >= 11 is 6.70. The SMILES string of the molecule is O=C(NCc1ccccc1Br)c1cccnc1Br. The van der Waals surface area contributed by atoms with Crippen molar-refractivity contribution in [2.75, 3.05) is 0 Å². The number of rotatable bonds is 3. The van der Waals surface area contributed by atoms with Gasteiger partial charge >= 0.3 is 0 Å². The van der Waals surface area contributed by atoms with Crippen molar-refractivity contribution in [2.45, 2.75) is 6.54 Å². The molecule has 18 heavy (non-hydrogen) atoms. The van der Waals surface area contributed by atoms with Gasteiger partial charge in [0.15, 0.2) is 0 Å². The molecule has 1 amide bonds. The highest BCUT2D eigenvalue weighted by Gasteiger charge is 2.10. The van der Waals surface area contributed by atoms with Crippen molar-refractivity contribution in [1.29, 1.82) is 0 Å². The smallest absolute Gasteiger partial charge is 0.254 e. The zero-order chi connectivity index (χ0) is 13.0. The quantitative estimate of drug-likeness (QED) is 0.841. The van der Waals surface area contributed by atoms with E-state index in [0.29, 0.717) is 16.7 Å². The normalized spacial score (nSPS) is 10.1. The van der Waals surface area contributed by atoms with Gasteiger partial charge in [-0.3, -0.25) is 4.79 Å². The second-order valence-corrected chi connectivity index (χ2v) is 5.22. The van der Waals surface area contributed by atoms with E-state index in [9.17, 15) is 4.79 Å². The Hall–Kier alpha value is -1.20. The van der Waals surface area contributed by atoms with E-state index < -0.39 is 0 Å². The minimum absolute atomic E-state index is 0.147. The maximum atomic E-state index is 12.0. The number of halogens is 2. The highest BCUT2D eigenvalue weighted by Crippen LogP contribution is 2.16. The lowest BCUT2D eigenvalue weighted by molar-refractivity contribution is 0.0949. The molecule has 5 heteroatoms. The maximum absolute atomic E-state index is 12.0.